The first-order chi connectivity index (χ1) is 12.0. The number of aromatic nitrogens is 2. The maximum absolute atomic E-state index is 12.1. The van der Waals surface area contributed by atoms with Gasteiger partial charge in [-0.3, -0.25) is 9.59 Å². The van der Waals surface area contributed by atoms with Crippen molar-refractivity contribution < 1.29 is 9.59 Å². The van der Waals surface area contributed by atoms with Crippen LogP contribution in [0.5, 0.6) is 0 Å². The smallest absolute Gasteiger partial charge is 0.234 e. The minimum atomic E-state index is -0.196. The Morgan fingerprint density at radius 2 is 1.96 bits per heavy atom. The lowest BCUT2D eigenvalue weighted by atomic mass is 10.2. The van der Waals surface area contributed by atoms with Crippen molar-refractivity contribution in [2.75, 3.05) is 22.1 Å². The topological polar surface area (TPSA) is 110 Å². The molecule has 7 nitrogen and oxygen atoms in total. The minimum absolute atomic E-state index is 0.153. The van der Waals surface area contributed by atoms with Crippen LogP contribution < -0.4 is 16.4 Å². The molecule has 0 spiro atoms. The fraction of sp³-hybridized carbons (Fsp3) is 0.125. The predicted molar refractivity (Wildman–Crippen MR) is 102 cm³/mol. The van der Waals surface area contributed by atoms with E-state index in [0.717, 1.165) is 10.2 Å². The Balaban J connectivity index is 1.61. The number of thiophene rings is 1. The third kappa shape index (κ3) is 4.46. The van der Waals surface area contributed by atoms with Crippen LogP contribution in [0.3, 0.4) is 0 Å². The van der Waals surface area contributed by atoms with Crippen LogP contribution in [0.1, 0.15) is 6.92 Å². The first-order valence-corrected chi connectivity index (χ1v) is 9.19. The molecule has 3 aromatic rings. The molecule has 1 aromatic carbocycles. The Morgan fingerprint density at radius 1 is 1.20 bits per heavy atom. The van der Waals surface area contributed by atoms with Gasteiger partial charge < -0.3 is 16.4 Å². The van der Waals surface area contributed by atoms with E-state index in [0.29, 0.717) is 22.3 Å². The van der Waals surface area contributed by atoms with E-state index in [9.17, 15) is 9.59 Å². The number of thioether (sulfide) groups is 1. The number of carbonyl (C=O) groups is 2. The summed E-state index contributed by atoms with van der Waals surface area (Å²) < 4.78 is 0. The van der Waals surface area contributed by atoms with Crippen molar-refractivity contribution in [1.29, 1.82) is 0 Å². The van der Waals surface area contributed by atoms with Crippen LogP contribution in [0.4, 0.5) is 17.2 Å². The van der Waals surface area contributed by atoms with Crippen LogP contribution in [0, 0.1) is 0 Å². The summed E-state index contributed by atoms with van der Waals surface area (Å²) in [6, 6.07) is 8.82. The van der Waals surface area contributed by atoms with E-state index in [-0.39, 0.29) is 17.6 Å². The highest BCUT2D eigenvalue weighted by atomic mass is 32.2. The van der Waals surface area contributed by atoms with E-state index in [1.807, 2.05) is 11.4 Å². The van der Waals surface area contributed by atoms with E-state index in [1.165, 1.54) is 30.0 Å². The number of anilines is 3. The van der Waals surface area contributed by atoms with Gasteiger partial charge in [-0.25, -0.2) is 9.97 Å². The number of nitrogens with two attached hydrogens (primary N) is 1. The molecule has 128 valence electrons. The van der Waals surface area contributed by atoms with E-state index >= 15 is 0 Å². The number of nitrogens with zero attached hydrogens (tertiary/aromatic N) is 2. The average Bonchev–Trinajstić information content (AvgIpc) is 3.02. The summed E-state index contributed by atoms with van der Waals surface area (Å²) in [6.45, 7) is 1.43. The number of hydrogen-bond acceptors (Lipinski definition) is 7. The second-order valence-electron chi connectivity index (χ2n) is 5.13. The van der Waals surface area contributed by atoms with Gasteiger partial charge in [0.15, 0.2) is 5.16 Å². The Labute approximate surface area is 152 Å². The zero-order chi connectivity index (χ0) is 17.8. The first kappa shape index (κ1) is 17.2. The zero-order valence-corrected chi connectivity index (χ0v) is 14.9. The van der Waals surface area contributed by atoms with Gasteiger partial charge in [-0.15, -0.1) is 11.3 Å². The number of carbonyl (C=O) groups excluding carboxylic acids is 2. The fourth-order valence-electron chi connectivity index (χ4n) is 2.13. The summed E-state index contributed by atoms with van der Waals surface area (Å²) in [5, 5.41) is 8.64. The molecule has 25 heavy (non-hydrogen) atoms. The summed E-state index contributed by atoms with van der Waals surface area (Å²) in [5.41, 5.74) is 7.12. The average molecular weight is 373 g/mol. The van der Waals surface area contributed by atoms with E-state index in [4.69, 9.17) is 5.73 Å². The van der Waals surface area contributed by atoms with E-state index in [2.05, 4.69) is 20.6 Å². The maximum atomic E-state index is 12.1. The molecule has 4 N–H and O–H groups in total. The van der Waals surface area contributed by atoms with Crippen molar-refractivity contribution in [1.82, 2.24) is 9.97 Å². The predicted octanol–water partition coefficient (Wildman–Crippen LogP) is 2.96. The second-order valence-corrected chi connectivity index (χ2v) is 6.97. The number of benzene rings is 1. The normalized spacial score (nSPS) is 10.6. The van der Waals surface area contributed by atoms with Crippen LogP contribution in [0.15, 0.2) is 40.9 Å². The number of nitrogen functional groups attached to an aromatic ring is 1. The Bertz CT molecular complexity index is 941. The summed E-state index contributed by atoms with van der Waals surface area (Å²) >= 11 is 2.70. The molecule has 0 saturated heterocycles. The Morgan fingerprint density at radius 3 is 2.72 bits per heavy atom. The highest BCUT2D eigenvalue weighted by Gasteiger charge is 2.10. The molecule has 0 unspecified atom stereocenters. The molecular weight excluding hydrogens is 358 g/mol. The standard InChI is InChI=1S/C16H15N5O2S2/c1-9(22)18-10-3-2-4-11(7-10)19-13(23)8-25-16-20-14(17)12-5-6-24-15(12)21-16/h2-7H,8H2,1H3,(H,18,22)(H,19,23)(H2,17,20,21). The summed E-state index contributed by atoms with van der Waals surface area (Å²) in [4.78, 5) is 32.6. The summed E-state index contributed by atoms with van der Waals surface area (Å²) in [7, 11) is 0. The third-order valence-corrected chi connectivity index (χ3v) is 4.79. The molecule has 0 bridgehead atoms. The highest BCUT2D eigenvalue weighted by Crippen LogP contribution is 2.26. The van der Waals surface area contributed by atoms with Crippen molar-refractivity contribution >= 4 is 62.3 Å². The van der Waals surface area contributed by atoms with Gasteiger partial charge in [0.2, 0.25) is 11.8 Å². The Hall–Kier alpha value is -2.65. The van der Waals surface area contributed by atoms with Crippen LogP contribution in [0.2, 0.25) is 0 Å². The molecule has 2 heterocycles. The first-order valence-electron chi connectivity index (χ1n) is 7.32. The highest BCUT2D eigenvalue weighted by molar-refractivity contribution is 7.99. The molecule has 2 aromatic heterocycles. The van der Waals surface area contributed by atoms with Crippen molar-refractivity contribution in [3.63, 3.8) is 0 Å². The van der Waals surface area contributed by atoms with E-state index in [1.54, 1.807) is 24.3 Å². The quantitative estimate of drug-likeness (QED) is 0.468. The van der Waals surface area contributed by atoms with Crippen molar-refractivity contribution in [3.05, 3.63) is 35.7 Å². The van der Waals surface area contributed by atoms with Crippen molar-refractivity contribution in [3.8, 4) is 0 Å². The number of hydrogen-bond donors (Lipinski definition) is 3. The molecule has 0 aliphatic heterocycles. The fourth-order valence-corrected chi connectivity index (χ4v) is 3.61. The largest absolute Gasteiger partial charge is 0.383 e. The second kappa shape index (κ2) is 7.49. The van der Waals surface area contributed by atoms with Gasteiger partial charge in [0.05, 0.1) is 11.1 Å². The number of amides is 2. The van der Waals surface area contributed by atoms with Crippen LogP contribution >= 0.6 is 23.1 Å². The van der Waals surface area contributed by atoms with Gasteiger partial charge >= 0.3 is 0 Å². The summed E-state index contributed by atoms with van der Waals surface area (Å²) in [5.74, 6) is 0.203. The minimum Gasteiger partial charge on any atom is -0.383 e. The van der Waals surface area contributed by atoms with Gasteiger partial charge in [-0.05, 0) is 29.6 Å². The number of fused-ring (bicyclic) bond motifs is 1. The molecule has 0 fully saturated rings. The lowest BCUT2D eigenvalue weighted by Gasteiger charge is -2.07. The molecule has 0 aliphatic carbocycles. The monoisotopic (exact) mass is 373 g/mol. The van der Waals surface area contributed by atoms with E-state index < -0.39 is 0 Å². The SMILES string of the molecule is CC(=O)Nc1cccc(NC(=O)CSc2nc(N)c3ccsc3n2)c1. The molecule has 0 aliphatic rings. The van der Waals surface area contributed by atoms with Gasteiger partial charge in [0.25, 0.3) is 0 Å². The molecule has 0 radical (unpaired) electrons. The molecule has 0 saturated carbocycles. The van der Waals surface area contributed by atoms with Gasteiger partial charge in [0.1, 0.15) is 10.6 Å². The summed E-state index contributed by atoms with van der Waals surface area (Å²) in [6.07, 6.45) is 0. The van der Waals surface area contributed by atoms with Gasteiger partial charge in [-0.1, -0.05) is 17.8 Å². The number of nitrogens with one attached hydrogen (secondary N) is 2. The van der Waals surface area contributed by atoms with Crippen molar-refractivity contribution in [2.45, 2.75) is 12.1 Å². The molecule has 3 rings (SSSR count). The Kier molecular flexibility index (Phi) is 5.15. The van der Waals surface area contributed by atoms with Gasteiger partial charge in [0, 0.05) is 18.3 Å². The lowest BCUT2D eigenvalue weighted by Crippen LogP contribution is -2.15. The number of rotatable bonds is 5. The molecule has 0 atom stereocenters. The van der Waals surface area contributed by atoms with Crippen LogP contribution in [0.25, 0.3) is 10.2 Å². The zero-order valence-electron chi connectivity index (χ0n) is 13.3. The van der Waals surface area contributed by atoms with Crippen molar-refractivity contribution in [2.24, 2.45) is 0 Å². The van der Waals surface area contributed by atoms with Gasteiger partial charge in [-0.2, -0.15) is 0 Å². The third-order valence-electron chi connectivity index (χ3n) is 3.13. The van der Waals surface area contributed by atoms with Crippen LogP contribution in [-0.4, -0.2) is 27.5 Å². The molecule has 2 amide bonds. The molecule has 9 heteroatoms. The van der Waals surface area contributed by atoms with Crippen LogP contribution in [-0.2, 0) is 9.59 Å². The maximum Gasteiger partial charge on any atom is 0.234 e. The lowest BCUT2D eigenvalue weighted by molar-refractivity contribution is -0.114. The molecular formula is C16H15N5O2S2.